The Labute approximate surface area is 82.8 Å². The Morgan fingerprint density at radius 1 is 1.08 bits per heavy atom. The first-order valence-corrected chi connectivity index (χ1v) is 5.50. The van der Waals surface area contributed by atoms with Gasteiger partial charge in [-0.1, -0.05) is 20.8 Å². The summed E-state index contributed by atoms with van der Waals surface area (Å²) >= 11 is 0. The third kappa shape index (κ3) is 9.84. The van der Waals surface area contributed by atoms with Crippen LogP contribution >= 0.6 is 0 Å². The maximum atomic E-state index is 5.92. The molecule has 0 heterocycles. The predicted molar refractivity (Wildman–Crippen MR) is 57.8 cm³/mol. The van der Waals surface area contributed by atoms with Crippen LogP contribution < -0.4 is 5.73 Å². The van der Waals surface area contributed by atoms with E-state index < -0.39 is 0 Å². The van der Waals surface area contributed by atoms with Crippen molar-refractivity contribution in [3.05, 3.63) is 0 Å². The minimum atomic E-state index is 0.333. The highest BCUT2D eigenvalue weighted by Gasteiger charge is 2.03. The second-order valence-electron chi connectivity index (χ2n) is 4.13. The maximum Gasteiger partial charge on any atom is 0.0480 e. The molecule has 0 amide bonds. The summed E-state index contributed by atoms with van der Waals surface area (Å²) in [6.45, 7) is 8.29. The molecular weight excluding hydrogens is 162 g/mol. The highest BCUT2D eigenvalue weighted by atomic mass is 16.5. The van der Waals surface area contributed by atoms with E-state index in [0.29, 0.717) is 6.04 Å². The lowest BCUT2D eigenvalue weighted by atomic mass is 10.0. The largest absolute Gasteiger partial charge is 0.381 e. The normalized spacial score (nSPS) is 13.6. The third-order valence-corrected chi connectivity index (χ3v) is 2.10. The molecule has 0 aromatic rings. The van der Waals surface area contributed by atoms with E-state index in [1.807, 2.05) is 0 Å². The van der Waals surface area contributed by atoms with E-state index in [9.17, 15) is 0 Å². The van der Waals surface area contributed by atoms with Crippen molar-refractivity contribution in [2.75, 3.05) is 13.2 Å². The van der Waals surface area contributed by atoms with Crippen LogP contribution in [-0.2, 0) is 4.74 Å². The molecule has 0 aliphatic heterocycles. The van der Waals surface area contributed by atoms with Crippen molar-refractivity contribution in [3.63, 3.8) is 0 Å². The SMILES string of the molecule is CCCOCCC(N)CCC(C)C. The number of ether oxygens (including phenoxy) is 1. The summed E-state index contributed by atoms with van der Waals surface area (Å²) in [4.78, 5) is 0. The van der Waals surface area contributed by atoms with Crippen LogP contribution in [-0.4, -0.2) is 19.3 Å². The molecule has 0 fully saturated rings. The molecule has 2 N–H and O–H groups in total. The van der Waals surface area contributed by atoms with Gasteiger partial charge in [-0.05, 0) is 31.6 Å². The van der Waals surface area contributed by atoms with E-state index in [1.165, 1.54) is 6.42 Å². The first-order valence-electron chi connectivity index (χ1n) is 5.50. The summed E-state index contributed by atoms with van der Waals surface area (Å²) in [7, 11) is 0. The third-order valence-electron chi connectivity index (χ3n) is 2.10. The van der Waals surface area contributed by atoms with Crippen molar-refractivity contribution >= 4 is 0 Å². The minimum Gasteiger partial charge on any atom is -0.381 e. The van der Waals surface area contributed by atoms with E-state index >= 15 is 0 Å². The van der Waals surface area contributed by atoms with Crippen LogP contribution in [0.1, 0.15) is 46.5 Å². The zero-order chi connectivity index (χ0) is 10.1. The number of hydrogen-bond acceptors (Lipinski definition) is 2. The quantitative estimate of drug-likeness (QED) is 0.593. The Kier molecular flexibility index (Phi) is 8.46. The lowest BCUT2D eigenvalue weighted by molar-refractivity contribution is 0.126. The zero-order valence-electron chi connectivity index (χ0n) is 9.38. The van der Waals surface area contributed by atoms with Crippen LogP contribution in [0.2, 0.25) is 0 Å². The van der Waals surface area contributed by atoms with E-state index in [1.54, 1.807) is 0 Å². The fourth-order valence-electron chi connectivity index (χ4n) is 1.17. The molecule has 0 aromatic heterocycles. The average molecular weight is 187 g/mol. The molecule has 2 heteroatoms. The van der Waals surface area contributed by atoms with Gasteiger partial charge >= 0.3 is 0 Å². The van der Waals surface area contributed by atoms with Gasteiger partial charge in [0.2, 0.25) is 0 Å². The van der Waals surface area contributed by atoms with E-state index in [-0.39, 0.29) is 0 Å². The van der Waals surface area contributed by atoms with Gasteiger partial charge in [0.1, 0.15) is 0 Å². The Balaban J connectivity index is 3.15. The first-order chi connectivity index (χ1) is 6.16. The zero-order valence-corrected chi connectivity index (χ0v) is 9.38. The van der Waals surface area contributed by atoms with E-state index in [0.717, 1.165) is 38.4 Å². The Hall–Kier alpha value is -0.0800. The van der Waals surface area contributed by atoms with Gasteiger partial charge in [0.15, 0.2) is 0 Å². The summed E-state index contributed by atoms with van der Waals surface area (Å²) in [6.07, 6.45) is 4.47. The number of rotatable bonds is 8. The molecule has 0 saturated heterocycles. The fourth-order valence-corrected chi connectivity index (χ4v) is 1.17. The molecule has 0 radical (unpaired) electrons. The number of hydrogen-bond donors (Lipinski definition) is 1. The lowest BCUT2D eigenvalue weighted by Crippen LogP contribution is -2.22. The molecule has 0 aliphatic rings. The molecule has 0 aromatic carbocycles. The fraction of sp³-hybridized carbons (Fsp3) is 1.00. The summed E-state index contributed by atoms with van der Waals surface area (Å²) < 4.78 is 5.38. The molecule has 0 aliphatic carbocycles. The molecule has 2 nitrogen and oxygen atoms in total. The van der Waals surface area contributed by atoms with Crippen molar-refractivity contribution in [2.45, 2.75) is 52.5 Å². The second kappa shape index (κ2) is 8.52. The van der Waals surface area contributed by atoms with Crippen LogP contribution in [0.4, 0.5) is 0 Å². The Bertz CT molecular complexity index is 104. The van der Waals surface area contributed by atoms with Crippen LogP contribution in [0.15, 0.2) is 0 Å². The average Bonchev–Trinajstić information content (AvgIpc) is 2.09. The van der Waals surface area contributed by atoms with Gasteiger partial charge in [-0.15, -0.1) is 0 Å². The Morgan fingerprint density at radius 3 is 2.31 bits per heavy atom. The summed E-state index contributed by atoms with van der Waals surface area (Å²) in [6, 6.07) is 0.333. The highest BCUT2D eigenvalue weighted by Crippen LogP contribution is 2.07. The molecule has 13 heavy (non-hydrogen) atoms. The minimum absolute atomic E-state index is 0.333. The summed E-state index contributed by atoms with van der Waals surface area (Å²) in [5, 5.41) is 0. The molecule has 0 spiro atoms. The van der Waals surface area contributed by atoms with Crippen LogP contribution in [0.3, 0.4) is 0 Å². The second-order valence-corrected chi connectivity index (χ2v) is 4.13. The van der Waals surface area contributed by atoms with Gasteiger partial charge < -0.3 is 10.5 Å². The molecule has 0 bridgehead atoms. The lowest BCUT2D eigenvalue weighted by Gasteiger charge is -2.12. The van der Waals surface area contributed by atoms with Crippen LogP contribution in [0.5, 0.6) is 0 Å². The molecular formula is C11H25NO. The van der Waals surface area contributed by atoms with Gasteiger partial charge in [0.25, 0.3) is 0 Å². The molecule has 1 unspecified atom stereocenters. The highest BCUT2D eigenvalue weighted by molar-refractivity contribution is 4.61. The van der Waals surface area contributed by atoms with Gasteiger partial charge in [-0.3, -0.25) is 0 Å². The van der Waals surface area contributed by atoms with Crippen LogP contribution in [0, 0.1) is 5.92 Å². The monoisotopic (exact) mass is 187 g/mol. The van der Waals surface area contributed by atoms with Crippen molar-refractivity contribution in [1.29, 1.82) is 0 Å². The topological polar surface area (TPSA) is 35.2 Å². The molecule has 0 rings (SSSR count). The van der Waals surface area contributed by atoms with Crippen LogP contribution in [0.25, 0.3) is 0 Å². The summed E-state index contributed by atoms with van der Waals surface area (Å²) in [5.74, 6) is 0.766. The maximum absolute atomic E-state index is 5.92. The summed E-state index contributed by atoms with van der Waals surface area (Å²) in [5.41, 5.74) is 5.92. The first kappa shape index (κ1) is 12.9. The van der Waals surface area contributed by atoms with Crippen molar-refractivity contribution in [3.8, 4) is 0 Å². The van der Waals surface area contributed by atoms with Gasteiger partial charge in [-0.25, -0.2) is 0 Å². The van der Waals surface area contributed by atoms with Crippen molar-refractivity contribution in [2.24, 2.45) is 11.7 Å². The molecule has 0 saturated carbocycles. The van der Waals surface area contributed by atoms with E-state index in [4.69, 9.17) is 10.5 Å². The van der Waals surface area contributed by atoms with Gasteiger partial charge in [0, 0.05) is 19.3 Å². The molecule has 80 valence electrons. The van der Waals surface area contributed by atoms with E-state index in [2.05, 4.69) is 20.8 Å². The number of nitrogens with two attached hydrogens (primary N) is 1. The smallest absolute Gasteiger partial charge is 0.0480 e. The van der Waals surface area contributed by atoms with Crippen molar-refractivity contribution in [1.82, 2.24) is 0 Å². The standard InChI is InChI=1S/C11H25NO/c1-4-8-13-9-7-11(12)6-5-10(2)3/h10-11H,4-9,12H2,1-3H3. The van der Waals surface area contributed by atoms with Gasteiger partial charge in [-0.2, -0.15) is 0 Å². The van der Waals surface area contributed by atoms with Crippen molar-refractivity contribution < 1.29 is 4.74 Å². The van der Waals surface area contributed by atoms with Gasteiger partial charge in [0.05, 0.1) is 0 Å². The Morgan fingerprint density at radius 2 is 1.77 bits per heavy atom. The molecule has 1 atom stereocenters. The predicted octanol–water partition coefficient (Wildman–Crippen LogP) is 2.57.